The number of fused-ring (bicyclic) bond motifs is 1. The van der Waals surface area contributed by atoms with Crippen LogP contribution in [-0.2, 0) is 0 Å². The van der Waals surface area contributed by atoms with E-state index in [1.165, 1.54) is 6.07 Å². The average Bonchev–Trinajstić information content (AvgIpc) is 2.73. The molecule has 1 saturated heterocycles. The molecular weight excluding hydrogens is 412 g/mol. The third kappa shape index (κ3) is 4.75. The van der Waals surface area contributed by atoms with Crippen molar-refractivity contribution in [3.8, 4) is 0 Å². The molecule has 1 aromatic heterocycles. The SMILES string of the molecule is Cc1cc(NC(=O)c2cc(=O)[nH]c3ccc(Cl)cc23)cc(N2CCN(C(C)C)CC2)c1. The highest BCUT2D eigenvalue weighted by Crippen LogP contribution is 2.26. The highest BCUT2D eigenvalue weighted by molar-refractivity contribution is 6.31. The van der Waals surface area contributed by atoms with Crippen LogP contribution in [0.2, 0.25) is 5.02 Å². The number of pyridine rings is 1. The number of hydrogen-bond acceptors (Lipinski definition) is 4. The monoisotopic (exact) mass is 438 g/mol. The average molecular weight is 439 g/mol. The maximum absolute atomic E-state index is 13.1. The van der Waals surface area contributed by atoms with Gasteiger partial charge < -0.3 is 15.2 Å². The molecule has 1 fully saturated rings. The number of anilines is 2. The van der Waals surface area contributed by atoms with Crippen molar-refractivity contribution in [2.24, 2.45) is 0 Å². The summed E-state index contributed by atoms with van der Waals surface area (Å²) in [5.74, 6) is -0.334. The summed E-state index contributed by atoms with van der Waals surface area (Å²) in [5.41, 5.74) is 3.43. The second-order valence-corrected chi connectivity index (χ2v) is 8.80. The molecule has 2 N–H and O–H groups in total. The van der Waals surface area contributed by atoms with E-state index in [-0.39, 0.29) is 11.5 Å². The number of nitrogens with one attached hydrogen (secondary N) is 2. The zero-order valence-electron chi connectivity index (χ0n) is 18.0. The Morgan fingerprint density at radius 3 is 2.52 bits per heavy atom. The summed E-state index contributed by atoms with van der Waals surface area (Å²) in [6, 6.07) is 13.0. The second-order valence-electron chi connectivity index (χ2n) is 8.37. The third-order valence-corrected chi connectivity index (χ3v) is 6.01. The molecule has 0 unspecified atom stereocenters. The zero-order valence-corrected chi connectivity index (χ0v) is 18.8. The summed E-state index contributed by atoms with van der Waals surface area (Å²) in [6.07, 6.45) is 0. The van der Waals surface area contributed by atoms with E-state index in [0.717, 1.165) is 37.4 Å². The third-order valence-electron chi connectivity index (χ3n) is 5.78. The van der Waals surface area contributed by atoms with E-state index >= 15 is 0 Å². The van der Waals surface area contributed by atoms with Gasteiger partial charge in [-0.3, -0.25) is 14.5 Å². The van der Waals surface area contributed by atoms with Crippen molar-refractivity contribution in [2.75, 3.05) is 36.4 Å². The van der Waals surface area contributed by atoms with Gasteiger partial charge in [0.05, 0.1) is 5.56 Å². The lowest BCUT2D eigenvalue weighted by Gasteiger charge is -2.38. The fraction of sp³-hybridized carbons (Fsp3) is 0.333. The molecule has 3 aromatic rings. The first-order chi connectivity index (χ1) is 14.8. The van der Waals surface area contributed by atoms with Crippen molar-refractivity contribution in [3.05, 3.63) is 69.0 Å². The lowest BCUT2D eigenvalue weighted by atomic mass is 10.1. The maximum Gasteiger partial charge on any atom is 0.256 e. The Balaban J connectivity index is 1.59. The van der Waals surface area contributed by atoms with Crippen molar-refractivity contribution < 1.29 is 4.79 Å². The quantitative estimate of drug-likeness (QED) is 0.638. The van der Waals surface area contributed by atoms with E-state index in [2.05, 4.69) is 40.0 Å². The molecule has 0 saturated carbocycles. The minimum absolute atomic E-state index is 0.301. The van der Waals surface area contributed by atoms with Gasteiger partial charge in [-0.25, -0.2) is 0 Å². The molecule has 1 aliphatic heterocycles. The number of aromatic amines is 1. The first kappa shape index (κ1) is 21.4. The fourth-order valence-electron chi connectivity index (χ4n) is 4.13. The minimum Gasteiger partial charge on any atom is -0.369 e. The minimum atomic E-state index is -0.334. The summed E-state index contributed by atoms with van der Waals surface area (Å²) in [4.78, 5) is 32.7. The fourth-order valence-corrected chi connectivity index (χ4v) is 4.30. The van der Waals surface area contributed by atoms with Crippen molar-refractivity contribution in [3.63, 3.8) is 0 Å². The lowest BCUT2D eigenvalue weighted by Crippen LogP contribution is -2.48. The van der Waals surface area contributed by atoms with E-state index < -0.39 is 0 Å². The van der Waals surface area contributed by atoms with E-state index in [9.17, 15) is 9.59 Å². The van der Waals surface area contributed by atoms with Crippen LogP contribution in [0, 0.1) is 6.92 Å². The number of aryl methyl sites for hydroxylation is 1. The number of amides is 1. The van der Waals surface area contributed by atoms with Crippen LogP contribution in [0.3, 0.4) is 0 Å². The summed E-state index contributed by atoms with van der Waals surface area (Å²) >= 11 is 6.12. The van der Waals surface area contributed by atoms with Crippen LogP contribution in [0.5, 0.6) is 0 Å². The number of hydrogen-bond donors (Lipinski definition) is 2. The number of nitrogens with zero attached hydrogens (tertiary/aromatic N) is 2. The standard InChI is InChI=1S/C24H27ClN4O2/c1-15(2)28-6-8-29(9-7-28)19-11-16(3)10-18(13-19)26-24(31)21-14-23(30)27-22-5-4-17(25)12-20(21)22/h4-5,10-15H,6-9H2,1-3H3,(H,26,31)(H,27,30). The number of piperazine rings is 1. The smallest absolute Gasteiger partial charge is 0.256 e. The Bertz CT molecular complexity index is 1180. The molecule has 0 bridgehead atoms. The van der Waals surface area contributed by atoms with Crippen LogP contribution >= 0.6 is 11.6 Å². The van der Waals surface area contributed by atoms with Gasteiger partial charge in [0.2, 0.25) is 5.56 Å². The Hall–Kier alpha value is -2.83. The van der Waals surface area contributed by atoms with Gasteiger partial charge in [-0.05, 0) is 62.7 Å². The van der Waals surface area contributed by atoms with Gasteiger partial charge >= 0.3 is 0 Å². The van der Waals surface area contributed by atoms with Crippen LogP contribution in [0.25, 0.3) is 10.9 Å². The van der Waals surface area contributed by atoms with Gasteiger partial charge in [0, 0.05) is 65.6 Å². The molecule has 2 aromatic carbocycles. The number of rotatable bonds is 4. The Morgan fingerprint density at radius 2 is 1.81 bits per heavy atom. The molecule has 0 atom stereocenters. The normalized spacial score (nSPS) is 14.9. The van der Waals surface area contributed by atoms with E-state index in [4.69, 9.17) is 11.6 Å². The van der Waals surface area contributed by atoms with Crippen molar-refractivity contribution >= 4 is 39.8 Å². The first-order valence-electron chi connectivity index (χ1n) is 10.5. The van der Waals surface area contributed by atoms with Crippen LogP contribution in [0.4, 0.5) is 11.4 Å². The van der Waals surface area contributed by atoms with Crippen LogP contribution in [0.1, 0.15) is 29.8 Å². The molecule has 0 aliphatic carbocycles. The molecule has 0 radical (unpaired) electrons. The summed E-state index contributed by atoms with van der Waals surface area (Å²) < 4.78 is 0. The number of halogens is 1. The van der Waals surface area contributed by atoms with Crippen molar-refractivity contribution in [2.45, 2.75) is 26.8 Å². The molecular formula is C24H27ClN4O2. The lowest BCUT2D eigenvalue weighted by molar-refractivity contribution is 0.102. The summed E-state index contributed by atoms with van der Waals surface area (Å²) in [5, 5.41) is 4.09. The van der Waals surface area contributed by atoms with E-state index in [1.54, 1.807) is 18.2 Å². The highest BCUT2D eigenvalue weighted by Gasteiger charge is 2.20. The van der Waals surface area contributed by atoms with Crippen molar-refractivity contribution in [1.29, 1.82) is 0 Å². The van der Waals surface area contributed by atoms with Gasteiger partial charge in [-0.1, -0.05) is 11.6 Å². The Kier molecular flexibility index (Phi) is 6.03. The topological polar surface area (TPSA) is 68.4 Å². The van der Waals surface area contributed by atoms with Crippen LogP contribution < -0.4 is 15.8 Å². The molecule has 2 heterocycles. The molecule has 1 aliphatic rings. The largest absolute Gasteiger partial charge is 0.369 e. The zero-order chi connectivity index (χ0) is 22.1. The first-order valence-corrected chi connectivity index (χ1v) is 10.9. The number of aromatic nitrogens is 1. The number of carbonyl (C=O) groups excluding carboxylic acids is 1. The van der Waals surface area contributed by atoms with E-state index in [1.807, 2.05) is 19.1 Å². The summed E-state index contributed by atoms with van der Waals surface area (Å²) in [6.45, 7) is 10.4. The van der Waals surface area contributed by atoms with E-state index in [0.29, 0.717) is 33.2 Å². The summed E-state index contributed by atoms with van der Waals surface area (Å²) in [7, 11) is 0. The van der Waals surface area contributed by atoms with Gasteiger partial charge in [0.15, 0.2) is 0 Å². The Morgan fingerprint density at radius 1 is 1.06 bits per heavy atom. The van der Waals surface area contributed by atoms with Gasteiger partial charge in [0.25, 0.3) is 5.91 Å². The number of carbonyl (C=O) groups is 1. The van der Waals surface area contributed by atoms with Gasteiger partial charge in [-0.2, -0.15) is 0 Å². The molecule has 1 amide bonds. The predicted molar refractivity (Wildman–Crippen MR) is 128 cm³/mol. The molecule has 31 heavy (non-hydrogen) atoms. The van der Waals surface area contributed by atoms with Gasteiger partial charge in [0.1, 0.15) is 0 Å². The Labute approximate surface area is 186 Å². The number of benzene rings is 2. The molecule has 0 spiro atoms. The molecule has 7 heteroatoms. The number of H-pyrrole nitrogens is 1. The van der Waals surface area contributed by atoms with Gasteiger partial charge in [-0.15, -0.1) is 0 Å². The van der Waals surface area contributed by atoms with Crippen LogP contribution in [0.15, 0.2) is 47.3 Å². The predicted octanol–water partition coefficient (Wildman–Crippen LogP) is 4.27. The molecule has 6 nitrogen and oxygen atoms in total. The molecule has 162 valence electrons. The van der Waals surface area contributed by atoms with Crippen LogP contribution in [-0.4, -0.2) is 48.0 Å². The highest BCUT2D eigenvalue weighted by atomic mass is 35.5. The maximum atomic E-state index is 13.1. The molecule has 4 rings (SSSR count). The second kappa shape index (κ2) is 8.73. The van der Waals surface area contributed by atoms with Crippen molar-refractivity contribution in [1.82, 2.24) is 9.88 Å².